The minimum Gasteiger partial charge on any atom is -0.344 e. The Balaban J connectivity index is 2.03. The van der Waals surface area contributed by atoms with Crippen molar-refractivity contribution in [2.75, 3.05) is 6.54 Å². The second kappa shape index (κ2) is 3.09. The molecule has 0 unspecified atom stereocenters. The second-order valence-electron chi connectivity index (χ2n) is 3.86. The number of aryl methyl sites for hydroxylation is 1. The summed E-state index contributed by atoms with van der Waals surface area (Å²) in [6.45, 7) is 0.506. The van der Waals surface area contributed by atoms with Crippen LogP contribution in [0.2, 0.25) is 0 Å². The van der Waals surface area contributed by atoms with Crippen molar-refractivity contribution in [3.05, 3.63) is 18.2 Å². The Hall–Kier alpha value is -1.36. The third-order valence-corrected chi connectivity index (χ3v) is 2.56. The molecule has 14 heavy (non-hydrogen) atoms. The van der Waals surface area contributed by atoms with E-state index in [0.717, 1.165) is 12.8 Å². The van der Waals surface area contributed by atoms with Gasteiger partial charge in [-0.3, -0.25) is 4.79 Å². The average Bonchev–Trinajstić information content (AvgIpc) is 2.80. The van der Waals surface area contributed by atoms with Gasteiger partial charge >= 0.3 is 0 Å². The fraction of sp³-hybridized carbons (Fsp3) is 0.556. The SMILES string of the molecule is Cn1cnc(C(=O)NC2(CN)CC2)c1. The van der Waals surface area contributed by atoms with Crippen LogP contribution in [0.3, 0.4) is 0 Å². The van der Waals surface area contributed by atoms with E-state index in [1.807, 2.05) is 7.05 Å². The highest BCUT2D eigenvalue weighted by Crippen LogP contribution is 2.34. The highest BCUT2D eigenvalue weighted by Gasteiger charge is 2.42. The molecule has 1 saturated carbocycles. The van der Waals surface area contributed by atoms with Crippen LogP contribution in [-0.4, -0.2) is 27.5 Å². The lowest BCUT2D eigenvalue weighted by Gasteiger charge is -2.13. The van der Waals surface area contributed by atoms with E-state index in [4.69, 9.17) is 5.73 Å². The molecular weight excluding hydrogens is 180 g/mol. The van der Waals surface area contributed by atoms with Crippen LogP contribution < -0.4 is 11.1 Å². The quantitative estimate of drug-likeness (QED) is 0.690. The maximum Gasteiger partial charge on any atom is 0.271 e. The fourth-order valence-corrected chi connectivity index (χ4v) is 1.37. The van der Waals surface area contributed by atoms with Crippen molar-refractivity contribution in [3.63, 3.8) is 0 Å². The number of nitrogens with zero attached hydrogens (tertiary/aromatic N) is 2. The summed E-state index contributed by atoms with van der Waals surface area (Å²) in [5.74, 6) is -0.131. The van der Waals surface area contributed by atoms with E-state index in [2.05, 4.69) is 10.3 Å². The lowest BCUT2D eigenvalue weighted by molar-refractivity contribution is 0.0928. The van der Waals surface area contributed by atoms with E-state index in [1.54, 1.807) is 17.1 Å². The van der Waals surface area contributed by atoms with Gasteiger partial charge in [-0.1, -0.05) is 0 Å². The number of hydrogen-bond acceptors (Lipinski definition) is 3. The molecule has 5 nitrogen and oxygen atoms in total. The van der Waals surface area contributed by atoms with Gasteiger partial charge in [0, 0.05) is 19.8 Å². The summed E-state index contributed by atoms with van der Waals surface area (Å²) in [7, 11) is 1.83. The number of hydrogen-bond donors (Lipinski definition) is 2. The number of amides is 1. The third-order valence-electron chi connectivity index (χ3n) is 2.56. The fourth-order valence-electron chi connectivity index (χ4n) is 1.37. The van der Waals surface area contributed by atoms with Gasteiger partial charge in [0.1, 0.15) is 5.69 Å². The molecule has 0 saturated heterocycles. The maximum absolute atomic E-state index is 11.6. The molecule has 0 spiro atoms. The van der Waals surface area contributed by atoms with Crippen LogP contribution in [0.5, 0.6) is 0 Å². The molecule has 0 aromatic carbocycles. The van der Waals surface area contributed by atoms with Crippen molar-refractivity contribution in [3.8, 4) is 0 Å². The number of imidazole rings is 1. The Morgan fingerprint density at radius 2 is 2.50 bits per heavy atom. The smallest absolute Gasteiger partial charge is 0.271 e. The predicted octanol–water partition coefficient (Wildman–Crippen LogP) is -0.359. The third kappa shape index (κ3) is 1.63. The van der Waals surface area contributed by atoms with Crippen LogP contribution in [-0.2, 0) is 7.05 Å². The van der Waals surface area contributed by atoms with Crippen LogP contribution >= 0.6 is 0 Å². The van der Waals surface area contributed by atoms with Crippen molar-refractivity contribution in [2.24, 2.45) is 12.8 Å². The highest BCUT2D eigenvalue weighted by atomic mass is 16.2. The van der Waals surface area contributed by atoms with E-state index < -0.39 is 0 Å². The van der Waals surface area contributed by atoms with Gasteiger partial charge in [0.15, 0.2) is 0 Å². The van der Waals surface area contributed by atoms with Crippen LogP contribution in [0.4, 0.5) is 0 Å². The first-order valence-corrected chi connectivity index (χ1v) is 4.66. The molecule has 0 bridgehead atoms. The summed E-state index contributed by atoms with van der Waals surface area (Å²) in [6, 6.07) is 0. The first-order chi connectivity index (χ1) is 6.65. The van der Waals surface area contributed by atoms with Gasteiger partial charge < -0.3 is 15.6 Å². The lowest BCUT2D eigenvalue weighted by atomic mass is 10.2. The molecule has 2 rings (SSSR count). The molecule has 3 N–H and O–H groups in total. The number of nitrogens with two attached hydrogens (primary N) is 1. The Morgan fingerprint density at radius 3 is 2.93 bits per heavy atom. The first-order valence-electron chi connectivity index (χ1n) is 4.66. The molecule has 1 aliphatic rings. The molecule has 1 aromatic heterocycles. The predicted molar refractivity (Wildman–Crippen MR) is 51.7 cm³/mol. The van der Waals surface area contributed by atoms with E-state index in [9.17, 15) is 4.79 Å². The van der Waals surface area contributed by atoms with E-state index in [1.165, 1.54) is 0 Å². The summed E-state index contributed by atoms with van der Waals surface area (Å²) < 4.78 is 1.75. The van der Waals surface area contributed by atoms with Gasteiger partial charge in [-0.2, -0.15) is 0 Å². The monoisotopic (exact) mass is 194 g/mol. The van der Waals surface area contributed by atoms with Crippen molar-refractivity contribution >= 4 is 5.91 Å². The zero-order valence-corrected chi connectivity index (χ0v) is 8.16. The molecule has 1 aliphatic carbocycles. The topological polar surface area (TPSA) is 72.9 Å². The number of aromatic nitrogens is 2. The molecule has 1 heterocycles. The molecular formula is C9H14N4O. The Labute approximate surface area is 82.3 Å². The standard InChI is InChI=1S/C9H14N4O/c1-13-4-7(11-6-13)8(14)12-9(5-10)2-3-9/h4,6H,2-3,5,10H2,1H3,(H,12,14). The van der Waals surface area contributed by atoms with Crippen LogP contribution in [0.25, 0.3) is 0 Å². The Kier molecular flexibility index (Phi) is 2.03. The number of rotatable bonds is 3. The molecule has 1 aromatic rings. The van der Waals surface area contributed by atoms with Crippen LogP contribution in [0.15, 0.2) is 12.5 Å². The van der Waals surface area contributed by atoms with Crippen molar-refractivity contribution < 1.29 is 4.79 Å². The maximum atomic E-state index is 11.6. The normalized spacial score (nSPS) is 17.9. The molecule has 5 heteroatoms. The van der Waals surface area contributed by atoms with Crippen LogP contribution in [0.1, 0.15) is 23.3 Å². The van der Waals surface area contributed by atoms with Gasteiger partial charge in [0.2, 0.25) is 0 Å². The zero-order valence-electron chi connectivity index (χ0n) is 8.16. The summed E-state index contributed by atoms with van der Waals surface area (Å²) in [6.07, 6.45) is 5.25. The minimum absolute atomic E-state index is 0.131. The summed E-state index contributed by atoms with van der Waals surface area (Å²) >= 11 is 0. The average molecular weight is 194 g/mol. The van der Waals surface area contributed by atoms with Gasteiger partial charge in [0.25, 0.3) is 5.91 Å². The summed E-state index contributed by atoms with van der Waals surface area (Å²) in [4.78, 5) is 15.6. The summed E-state index contributed by atoms with van der Waals surface area (Å²) in [5, 5.41) is 2.91. The van der Waals surface area contributed by atoms with Gasteiger partial charge in [-0.25, -0.2) is 4.98 Å². The molecule has 0 aliphatic heterocycles. The number of carbonyl (C=O) groups excluding carboxylic acids is 1. The van der Waals surface area contributed by atoms with Crippen molar-refractivity contribution in [2.45, 2.75) is 18.4 Å². The Bertz CT molecular complexity index is 353. The second-order valence-corrected chi connectivity index (χ2v) is 3.86. The van der Waals surface area contributed by atoms with E-state index in [-0.39, 0.29) is 11.4 Å². The van der Waals surface area contributed by atoms with Gasteiger partial charge in [0.05, 0.1) is 11.9 Å². The molecule has 0 radical (unpaired) electrons. The van der Waals surface area contributed by atoms with Gasteiger partial charge in [-0.15, -0.1) is 0 Å². The largest absolute Gasteiger partial charge is 0.344 e. The van der Waals surface area contributed by atoms with Gasteiger partial charge in [-0.05, 0) is 12.8 Å². The minimum atomic E-state index is -0.144. The Morgan fingerprint density at radius 1 is 1.79 bits per heavy atom. The lowest BCUT2D eigenvalue weighted by Crippen LogP contribution is -2.42. The first kappa shape index (κ1) is 9.21. The number of nitrogens with one attached hydrogen (secondary N) is 1. The van der Waals surface area contributed by atoms with Crippen molar-refractivity contribution in [1.29, 1.82) is 0 Å². The van der Waals surface area contributed by atoms with Crippen LogP contribution in [0, 0.1) is 0 Å². The zero-order chi connectivity index (χ0) is 10.2. The molecule has 1 fully saturated rings. The number of carbonyl (C=O) groups is 1. The van der Waals surface area contributed by atoms with Crippen molar-refractivity contribution in [1.82, 2.24) is 14.9 Å². The highest BCUT2D eigenvalue weighted by molar-refractivity contribution is 5.92. The summed E-state index contributed by atoms with van der Waals surface area (Å²) in [5.41, 5.74) is 5.87. The van der Waals surface area contributed by atoms with E-state index >= 15 is 0 Å². The molecule has 0 atom stereocenters. The molecule has 76 valence electrons. The van der Waals surface area contributed by atoms with E-state index in [0.29, 0.717) is 12.2 Å². The molecule has 1 amide bonds.